The molecule has 100 valence electrons. The summed E-state index contributed by atoms with van der Waals surface area (Å²) < 4.78 is 0.532. The predicted molar refractivity (Wildman–Crippen MR) is 79.2 cm³/mol. The van der Waals surface area contributed by atoms with E-state index in [-0.39, 0.29) is 12.4 Å². The van der Waals surface area contributed by atoms with Crippen molar-refractivity contribution < 1.29 is 0 Å². The van der Waals surface area contributed by atoms with Crippen LogP contribution in [0.2, 0.25) is 0 Å². The molecule has 1 N–H and O–H groups in total. The van der Waals surface area contributed by atoms with Gasteiger partial charge in [-0.3, -0.25) is 0 Å². The number of halogens is 2. The quantitative estimate of drug-likeness (QED) is 0.770. The molecule has 4 fully saturated rings. The van der Waals surface area contributed by atoms with E-state index in [0.29, 0.717) is 15.8 Å². The molecule has 1 nitrogen and oxygen atoms in total. The number of nitrogens with one attached hydrogen (secondary N) is 1. The van der Waals surface area contributed by atoms with Crippen LogP contribution in [-0.4, -0.2) is 17.4 Å². The van der Waals surface area contributed by atoms with Crippen molar-refractivity contribution in [3.8, 4) is 0 Å². The van der Waals surface area contributed by atoms with E-state index in [1.807, 2.05) is 0 Å². The summed E-state index contributed by atoms with van der Waals surface area (Å²) in [6.45, 7) is 2.35. The molecule has 0 radical (unpaired) electrons. The highest BCUT2D eigenvalue weighted by Gasteiger charge is 2.56. The molecule has 17 heavy (non-hydrogen) atoms. The van der Waals surface area contributed by atoms with Crippen molar-refractivity contribution in [2.75, 3.05) is 7.05 Å². The van der Waals surface area contributed by atoms with Gasteiger partial charge in [0.15, 0.2) is 0 Å². The number of hydrogen-bond acceptors (Lipinski definition) is 1. The smallest absolute Gasteiger partial charge is 0.0268 e. The van der Waals surface area contributed by atoms with Crippen LogP contribution >= 0.6 is 28.3 Å². The van der Waals surface area contributed by atoms with Gasteiger partial charge in [0.1, 0.15) is 0 Å². The largest absolute Gasteiger partial charge is 0.317 e. The molecule has 0 aromatic rings. The van der Waals surface area contributed by atoms with Crippen LogP contribution in [0.3, 0.4) is 0 Å². The third kappa shape index (κ3) is 2.55. The van der Waals surface area contributed by atoms with Crippen molar-refractivity contribution in [1.82, 2.24) is 5.32 Å². The van der Waals surface area contributed by atoms with Crippen molar-refractivity contribution in [3.63, 3.8) is 0 Å². The van der Waals surface area contributed by atoms with Gasteiger partial charge in [0.2, 0.25) is 0 Å². The molecule has 0 aromatic carbocycles. The van der Waals surface area contributed by atoms with Crippen LogP contribution < -0.4 is 5.32 Å². The molecule has 4 rings (SSSR count). The fraction of sp³-hybridized carbons (Fsp3) is 1.00. The van der Waals surface area contributed by atoms with E-state index < -0.39 is 0 Å². The maximum Gasteiger partial charge on any atom is 0.0268 e. The van der Waals surface area contributed by atoms with Gasteiger partial charge < -0.3 is 5.32 Å². The summed E-state index contributed by atoms with van der Waals surface area (Å²) in [7, 11) is 2.11. The molecule has 0 heterocycles. The highest BCUT2D eigenvalue weighted by atomic mass is 79.9. The van der Waals surface area contributed by atoms with Gasteiger partial charge in [-0.1, -0.05) is 15.9 Å². The fourth-order valence-electron chi connectivity index (χ4n) is 5.33. The standard InChI is InChI=1S/C14H24BrN.ClH/c1-10(16-2)4-13-5-11-3-12(6-13)8-14(15,7-11)9-13;/h10-12,16H,3-9H2,1-2H3;1H. The molecular formula is C14H25BrClN. The Kier molecular flexibility index (Phi) is 3.90. The number of alkyl halides is 1. The van der Waals surface area contributed by atoms with Crippen molar-refractivity contribution in [2.24, 2.45) is 17.3 Å². The first-order chi connectivity index (χ1) is 7.53. The summed E-state index contributed by atoms with van der Waals surface area (Å²) in [4.78, 5) is 0. The zero-order valence-corrected chi connectivity index (χ0v) is 13.4. The first-order valence-corrected chi connectivity index (χ1v) is 7.68. The second-order valence-electron chi connectivity index (χ2n) is 7.01. The first-order valence-electron chi connectivity index (χ1n) is 6.89. The Morgan fingerprint density at radius 1 is 1.24 bits per heavy atom. The lowest BCUT2D eigenvalue weighted by Gasteiger charge is -2.61. The molecule has 4 saturated carbocycles. The summed E-state index contributed by atoms with van der Waals surface area (Å²) in [5.74, 6) is 2.06. The van der Waals surface area contributed by atoms with Gasteiger partial charge in [0.05, 0.1) is 0 Å². The monoisotopic (exact) mass is 321 g/mol. The van der Waals surface area contributed by atoms with E-state index in [0.717, 1.165) is 11.8 Å². The van der Waals surface area contributed by atoms with Crippen molar-refractivity contribution >= 4 is 28.3 Å². The van der Waals surface area contributed by atoms with Gasteiger partial charge in [0, 0.05) is 10.4 Å². The van der Waals surface area contributed by atoms with E-state index in [1.165, 1.54) is 44.9 Å². The minimum atomic E-state index is 0. The van der Waals surface area contributed by atoms with Gasteiger partial charge >= 0.3 is 0 Å². The van der Waals surface area contributed by atoms with Crippen LogP contribution in [-0.2, 0) is 0 Å². The summed E-state index contributed by atoms with van der Waals surface area (Å²) in [6.07, 6.45) is 10.3. The summed E-state index contributed by atoms with van der Waals surface area (Å²) in [5, 5.41) is 3.44. The first kappa shape index (κ1) is 14.1. The van der Waals surface area contributed by atoms with Gasteiger partial charge in [-0.25, -0.2) is 0 Å². The molecule has 0 spiro atoms. The molecule has 4 aliphatic rings. The van der Waals surface area contributed by atoms with Crippen molar-refractivity contribution in [1.29, 1.82) is 0 Å². The SMILES string of the molecule is CNC(C)CC12CC3CC(CC(Br)(C3)C1)C2.Cl. The van der Waals surface area contributed by atoms with E-state index >= 15 is 0 Å². The van der Waals surface area contributed by atoms with E-state index in [9.17, 15) is 0 Å². The highest BCUT2D eigenvalue weighted by Crippen LogP contribution is 2.65. The molecule has 0 saturated heterocycles. The number of hydrogen-bond donors (Lipinski definition) is 1. The van der Waals surface area contributed by atoms with E-state index in [2.05, 4.69) is 35.2 Å². The summed E-state index contributed by atoms with van der Waals surface area (Å²) in [6, 6.07) is 0.687. The molecule has 0 amide bonds. The molecule has 4 aliphatic carbocycles. The second-order valence-corrected chi connectivity index (χ2v) is 8.69. The molecule has 0 aromatic heterocycles. The lowest BCUT2D eigenvalue weighted by Crippen LogP contribution is -2.54. The molecular weight excluding hydrogens is 298 g/mol. The van der Waals surface area contributed by atoms with Gasteiger partial charge in [0.25, 0.3) is 0 Å². The second kappa shape index (κ2) is 4.68. The van der Waals surface area contributed by atoms with Gasteiger partial charge in [-0.2, -0.15) is 0 Å². The lowest BCUT2D eigenvalue weighted by atomic mass is 9.48. The molecule has 4 bridgehead atoms. The van der Waals surface area contributed by atoms with Crippen LogP contribution in [0.1, 0.15) is 51.9 Å². The maximum atomic E-state index is 4.08. The Bertz CT molecular complexity index is 280. The van der Waals surface area contributed by atoms with Crippen molar-refractivity contribution in [2.45, 2.75) is 62.2 Å². The van der Waals surface area contributed by atoms with Gasteiger partial charge in [-0.05, 0) is 76.2 Å². The van der Waals surface area contributed by atoms with Crippen LogP contribution in [0, 0.1) is 17.3 Å². The van der Waals surface area contributed by atoms with E-state index in [1.54, 1.807) is 0 Å². The Balaban J connectivity index is 0.00000108. The minimum Gasteiger partial charge on any atom is -0.317 e. The fourth-order valence-corrected chi connectivity index (χ4v) is 6.84. The van der Waals surface area contributed by atoms with Gasteiger partial charge in [-0.15, -0.1) is 12.4 Å². The maximum absolute atomic E-state index is 4.08. The summed E-state index contributed by atoms with van der Waals surface area (Å²) >= 11 is 4.08. The van der Waals surface area contributed by atoms with Crippen LogP contribution in [0.4, 0.5) is 0 Å². The molecule has 3 unspecified atom stereocenters. The normalized spacial score (nSPS) is 48.9. The molecule has 3 heteroatoms. The Labute approximate surface area is 120 Å². The average Bonchev–Trinajstić information content (AvgIpc) is 2.12. The zero-order chi connectivity index (χ0) is 11.4. The molecule has 0 aliphatic heterocycles. The zero-order valence-electron chi connectivity index (χ0n) is 11.0. The topological polar surface area (TPSA) is 12.0 Å². The van der Waals surface area contributed by atoms with Crippen LogP contribution in [0.5, 0.6) is 0 Å². The number of rotatable bonds is 3. The predicted octanol–water partition coefficient (Wildman–Crippen LogP) is 4.14. The van der Waals surface area contributed by atoms with E-state index in [4.69, 9.17) is 0 Å². The van der Waals surface area contributed by atoms with Crippen LogP contribution in [0.25, 0.3) is 0 Å². The third-order valence-electron chi connectivity index (χ3n) is 5.34. The molecule has 3 atom stereocenters. The highest BCUT2D eigenvalue weighted by molar-refractivity contribution is 9.10. The third-order valence-corrected chi connectivity index (χ3v) is 6.27. The van der Waals surface area contributed by atoms with Crippen molar-refractivity contribution in [3.05, 3.63) is 0 Å². The minimum absolute atomic E-state index is 0. The Morgan fingerprint density at radius 2 is 1.82 bits per heavy atom. The van der Waals surface area contributed by atoms with Crippen LogP contribution in [0.15, 0.2) is 0 Å². The Morgan fingerprint density at radius 3 is 2.29 bits per heavy atom. The lowest BCUT2D eigenvalue weighted by molar-refractivity contribution is -0.0439. The average molecular weight is 323 g/mol. The summed E-state index contributed by atoms with van der Waals surface area (Å²) in [5.41, 5.74) is 0.677. The Hall–Kier alpha value is 0.730.